The van der Waals surface area contributed by atoms with E-state index in [0.717, 1.165) is 63.7 Å². The molecule has 1 unspecified atom stereocenters. The second-order valence-corrected chi connectivity index (χ2v) is 8.38. The number of rotatable bonds is 10. The molecule has 1 saturated heterocycles. The zero-order valence-electron chi connectivity index (χ0n) is 19.1. The van der Waals surface area contributed by atoms with Crippen LogP contribution in [0.15, 0.2) is 29.3 Å². The number of hydrogen-bond donors (Lipinski definition) is 2. The van der Waals surface area contributed by atoms with Crippen LogP contribution in [0.25, 0.3) is 0 Å². The first kappa shape index (κ1) is 22.8. The van der Waals surface area contributed by atoms with Crippen LogP contribution in [0.5, 0.6) is 5.75 Å². The summed E-state index contributed by atoms with van der Waals surface area (Å²) >= 11 is 0. The Hall–Kier alpha value is -1.83. The molecule has 0 radical (unpaired) electrons. The first-order valence-corrected chi connectivity index (χ1v) is 11.3. The summed E-state index contributed by atoms with van der Waals surface area (Å²) in [6, 6.07) is 10.0. The minimum absolute atomic E-state index is 0.261. The summed E-state index contributed by atoms with van der Waals surface area (Å²) in [6.45, 7) is 10.8. The van der Waals surface area contributed by atoms with E-state index in [9.17, 15) is 0 Å². The molecule has 2 fully saturated rings. The normalized spacial score (nSPS) is 19.2. The van der Waals surface area contributed by atoms with Gasteiger partial charge in [0.05, 0.1) is 26.4 Å². The van der Waals surface area contributed by atoms with E-state index in [1.165, 1.54) is 18.4 Å². The van der Waals surface area contributed by atoms with E-state index in [1.807, 2.05) is 19.2 Å². The number of aliphatic imine (C=N–C) groups is 1. The Morgan fingerprint density at radius 2 is 1.90 bits per heavy atom. The number of benzene rings is 1. The van der Waals surface area contributed by atoms with Gasteiger partial charge in [-0.2, -0.15) is 0 Å². The van der Waals surface area contributed by atoms with Crippen LogP contribution < -0.4 is 15.4 Å². The molecule has 1 aromatic carbocycles. The van der Waals surface area contributed by atoms with Crippen LogP contribution in [0, 0.1) is 0 Å². The third kappa shape index (κ3) is 6.59. The average Bonchev–Trinajstić information content (AvgIpc) is 3.61. The molecule has 7 heteroatoms. The third-order valence-electron chi connectivity index (χ3n) is 6.02. The maximum absolute atomic E-state index is 5.57. The van der Waals surface area contributed by atoms with E-state index in [2.05, 4.69) is 51.4 Å². The van der Waals surface area contributed by atoms with Crippen LogP contribution in [0.2, 0.25) is 0 Å². The zero-order valence-corrected chi connectivity index (χ0v) is 19.1. The van der Waals surface area contributed by atoms with Gasteiger partial charge < -0.3 is 20.1 Å². The molecule has 1 aromatic rings. The second kappa shape index (κ2) is 11.5. The lowest BCUT2D eigenvalue weighted by molar-refractivity contribution is 0.0170. The van der Waals surface area contributed by atoms with Crippen LogP contribution >= 0.6 is 0 Å². The van der Waals surface area contributed by atoms with E-state index < -0.39 is 0 Å². The Morgan fingerprint density at radius 1 is 1.20 bits per heavy atom. The second-order valence-electron chi connectivity index (χ2n) is 8.38. The molecular weight excluding hydrogens is 378 g/mol. The largest absolute Gasteiger partial charge is 0.497 e. The number of nitrogens with zero attached hydrogens (tertiary/aromatic N) is 3. The van der Waals surface area contributed by atoms with Crippen LogP contribution in [-0.2, 0) is 4.74 Å². The number of morpholine rings is 1. The average molecular weight is 418 g/mol. The monoisotopic (exact) mass is 417 g/mol. The summed E-state index contributed by atoms with van der Waals surface area (Å²) in [5.74, 6) is 1.75. The molecule has 168 valence electrons. The van der Waals surface area contributed by atoms with Gasteiger partial charge in [-0.05, 0) is 44.4 Å². The number of methoxy groups -OCH3 is 1. The standard InChI is InChI=1S/C23H39N5O2/c1-18(2)28(20-7-8-20)12-11-25-23(24-3)26-17-22(27-13-15-30-16-14-27)19-5-9-21(29-4)10-6-19/h5-6,9-10,18,20,22H,7-8,11-17H2,1-4H3,(H2,24,25,26). The molecular formula is C23H39N5O2. The summed E-state index contributed by atoms with van der Waals surface area (Å²) in [5, 5.41) is 7.05. The first-order valence-electron chi connectivity index (χ1n) is 11.3. The lowest BCUT2D eigenvalue weighted by atomic mass is 10.0. The molecule has 30 heavy (non-hydrogen) atoms. The fraction of sp³-hybridized carbons (Fsp3) is 0.696. The fourth-order valence-corrected chi connectivity index (χ4v) is 4.16. The minimum Gasteiger partial charge on any atom is -0.497 e. The molecule has 0 bridgehead atoms. The Labute approximate surface area is 181 Å². The van der Waals surface area contributed by atoms with Crippen LogP contribution in [-0.4, -0.2) is 87.9 Å². The number of ether oxygens (including phenoxy) is 2. The van der Waals surface area contributed by atoms with Gasteiger partial charge in [-0.1, -0.05) is 12.1 Å². The van der Waals surface area contributed by atoms with Crippen LogP contribution in [0.4, 0.5) is 0 Å². The van der Waals surface area contributed by atoms with Crippen molar-refractivity contribution in [2.75, 3.05) is 60.1 Å². The van der Waals surface area contributed by atoms with Crippen molar-refractivity contribution < 1.29 is 9.47 Å². The molecule has 1 aliphatic heterocycles. The van der Waals surface area contributed by atoms with Gasteiger partial charge in [0.15, 0.2) is 5.96 Å². The fourth-order valence-electron chi connectivity index (χ4n) is 4.16. The van der Waals surface area contributed by atoms with Gasteiger partial charge in [0.1, 0.15) is 5.75 Å². The molecule has 0 amide bonds. The Kier molecular flexibility index (Phi) is 8.78. The van der Waals surface area contributed by atoms with Crippen molar-refractivity contribution in [2.24, 2.45) is 4.99 Å². The van der Waals surface area contributed by atoms with Crippen LogP contribution in [0.1, 0.15) is 38.3 Å². The van der Waals surface area contributed by atoms with Gasteiger partial charge >= 0.3 is 0 Å². The highest BCUT2D eigenvalue weighted by atomic mass is 16.5. The SMILES string of the molecule is CN=C(NCCN(C(C)C)C1CC1)NCC(c1ccc(OC)cc1)N1CCOCC1. The molecule has 0 spiro atoms. The van der Waals surface area contributed by atoms with Crippen molar-refractivity contribution in [3.8, 4) is 5.75 Å². The Bertz CT molecular complexity index is 652. The van der Waals surface area contributed by atoms with Crippen LogP contribution in [0.3, 0.4) is 0 Å². The summed E-state index contributed by atoms with van der Waals surface area (Å²) in [5.41, 5.74) is 1.28. The quantitative estimate of drug-likeness (QED) is 0.449. The predicted octanol–water partition coefficient (Wildman–Crippen LogP) is 2.11. The Balaban J connectivity index is 1.55. The summed E-state index contributed by atoms with van der Waals surface area (Å²) in [6.07, 6.45) is 2.68. The van der Waals surface area contributed by atoms with Gasteiger partial charge in [0.25, 0.3) is 0 Å². The molecule has 0 aromatic heterocycles. The molecule has 7 nitrogen and oxygen atoms in total. The van der Waals surface area contributed by atoms with Gasteiger partial charge in [-0.15, -0.1) is 0 Å². The highest BCUT2D eigenvalue weighted by Crippen LogP contribution is 2.28. The molecule has 2 N–H and O–H groups in total. The maximum atomic E-state index is 5.57. The van der Waals surface area contributed by atoms with Crippen molar-refractivity contribution in [2.45, 2.75) is 44.8 Å². The maximum Gasteiger partial charge on any atom is 0.191 e. The topological polar surface area (TPSA) is 61.4 Å². The summed E-state index contributed by atoms with van der Waals surface area (Å²) in [7, 11) is 3.54. The van der Waals surface area contributed by atoms with Gasteiger partial charge in [0.2, 0.25) is 0 Å². The van der Waals surface area contributed by atoms with Crippen molar-refractivity contribution in [1.29, 1.82) is 0 Å². The van der Waals surface area contributed by atoms with E-state index in [4.69, 9.17) is 9.47 Å². The zero-order chi connectivity index (χ0) is 21.3. The molecule has 2 aliphatic rings. The highest BCUT2D eigenvalue weighted by Gasteiger charge is 2.30. The van der Waals surface area contributed by atoms with Crippen molar-refractivity contribution >= 4 is 5.96 Å². The molecule has 1 atom stereocenters. The Morgan fingerprint density at radius 3 is 2.47 bits per heavy atom. The van der Waals surface area contributed by atoms with Gasteiger partial charge in [-0.25, -0.2) is 0 Å². The molecule has 1 heterocycles. The van der Waals surface area contributed by atoms with Crippen molar-refractivity contribution in [1.82, 2.24) is 20.4 Å². The van der Waals surface area contributed by atoms with Crippen molar-refractivity contribution in [3.63, 3.8) is 0 Å². The predicted molar refractivity (Wildman–Crippen MR) is 122 cm³/mol. The summed E-state index contributed by atoms with van der Waals surface area (Å²) in [4.78, 5) is 9.52. The highest BCUT2D eigenvalue weighted by molar-refractivity contribution is 5.79. The molecule has 1 saturated carbocycles. The molecule has 3 rings (SSSR count). The molecule has 1 aliphatic carbocycles. The van der Waals surface area contributed by atoms with E-state index in [-0.39, 0.29) is 6.04 Å². The van der Waals surface area contributed by atoms with Gasteiger partial charge in [0, 0.05) is 51.9 Å². The number of nitrogens with one attached hydrogen (secondary N) is 2. The van der Waals surface area contributed by atoms with E-state index in [0.29, 0.717) is 6.04 Å². The minimum atomic E-state index is 0.261. The number of guanidine groups is 1. The number of hydrogen-bond acceptors (Lipinski definition) is 5. The van der Waals surface area contributed by atoms with E-state index >= 15 is 0 Å². The lowest BCUT2D eigenvalue weighted by Gasteiger charge is -2.35. The third-order valence-corrected chi connectivity index (χ3v) is 6.02. The van der Waals surface area contributed by atoms with Crippen molar-refractivity contribution in [3.05, 3.63) is 29.8 Å². The van der Waals surface area contributed by atoms with Gasteiger partial charge in [-0.3, -0.25) is 14.8 Å². The lowest BCUT2D eigenvalue weighted by Crippen LogP contribution is -2.47. The summed E-state index contributed by atoms with van der Waals surface area (Å²) < 4.78 is 10.9. The first-order chi connectivity index (χ1) is 14.6. The van der Waals surface area contributed by atoms with E-state index in [1.54, 1.807) is 7.11 Å². The smallest absolute Gasteiger partial charge is 0.191 e.